The second-order valence-electron chi connectivity index (χ2n) is 7.18. The Labute approximate surface area is 185 Å². The molecule has 2 amide bonds. The van der Waals surface area contributed by atoms with E-state index in [0.717, 1.165) is 11.3 Å². The second kappa shape index (κ2) is 9.34. The van der Waals surface area contributed by atoms with Crippen LogP contribution < -0.4 is 20.1 Å². The zero-order valence-electron chi connectivity index (χ0n) is 17.4. The van der Waals surface area contributed by atoms with Crippen molar-refractivity contribution in [1.29, 1.82) is 0 Å². The number of thioether (sulfide) groups is 1. The lowest BCUT2D eigenvalue weighted by Gasteiger charge is -2.21. The van der Waals surface area contributed by atoms with Crippen molar-refractivity contribution in [1.82, 2.24) is 5.32 Å². The van der Waals surface area contributed by atoms with Crippen LogP contribution >= 0.6 is 11.8 Å². The summed E-state index contributed by atoms with van der Waals surface area (Å²) in [5, 5.41) is 5.84. The summed E-state index contributed by atoms with van der Waals surface area (Å²) in [6.07, 6.45) is 0. The molecule has 7 nitrogen and oxygen atoms in total. The fraction of sp³-hybridized carbons (Fsp3) is 0.304. The molecule has 0 bridgehead atoms. The van der Waals surface area contributed by atoms with Crippen LogP contribution in [0.15, 0.2) is 53.1 Å². The lowest BCUT2D eigenvalue weighted by molar-refractivity contribution is -0.112. The van der Waals surface area contributed by atoms with Crippen molar-refractivity contribution in [3.63, 3.8) is 0 Å². The van der Waals surface area contributed by atoms with Crippen LogP contribution in [0, 0.1) is 0 Å². The Balaban J connectivity index is 1.48. The number of hydrogen-bond donors (Lipinski definition) is 2. The van der Waals surface area contributed by atoms with Crippen LogP contribution in [-0.2, 0) is 9.53 Å². The van der Waals surface area contributed by atoms with Gasteiger partial charge in [0.05, 0.1) is 23.9 Å². The van der Waals surface area contributed by atoms with E-state index in [4.69, 9.17) is 14.2 Å². The van der Waals surface area contributed by atoms with Crippen molar-refractivity contribution in [2.75, 3.05) is 30.9 Å². The largest absolute Gasteiger partial charge is 0.496 e. The molecule has 8 heteroatoms. The number of nitrogens with one attached hydrogen (secondary N) is 2. The van der Waals surface area contributed by atoms with E-state index in [1.165, 1.54) is 11.8 Å². The maximum Gasteiger partial charge on any atom is 0.265 e. The number of rotatable bonds is 5. The first kappa shape index (κ1) is 21.1. The lowest BCUT2D eigenvalue weighted by Crippen LogP contribution is -2.28. The van der Waals surface area contributed by atoms with Gasteiger partial charge in [-0.3, -0.25) is 9.59 Å². The van der Waals surface area contributed by atoms with Gasteiger partial charge in [-0.25, -0.2) is 0 Å². The van der Waals surface area contributed by atoms with Gasteiger partial charge in [0.15, 0.2) is 11.5 Å². The first-order chi connectivity index (χ1) is 15.0. The summed E-state index contributed by atoms with van der Waals surface area (Å²) in [6, 6.07) is 12.3. The standard InChI is InChI=1S/C23H24N2O5S/c1-14(16-7-8-19-20(13-16)30-10-9-29-19)24-22(26)17-5-3-4-6-18(17)25-23(27)21-15(2)28-11-12-31-21/h3-8,13-14H,9-12H2,1-2H3,(H,24,26)(H,25,27)/t14-/m0/s1. The zero-order chi connectivity index (χ0) is 21.8. The van der Waals surface area contributed by atoms with E-state index in [0.29, 0.717) is 53.2 Å². The fourth-order valence-electron chi connectivity index (χ4n) is 3.39. The van der Waals surface area contributed by atoms with Crippen LogP contribution in [0.25, 0.3) is 0 Å². The zero-order valence-corrected chi connectivity index (χ0v) is 18.2. The molecule has 162 valence electrons. The predicted molar refractivity (Wildman–Crippen MR) is 119 cm³/mol. The lowest BCUT2D eigenvalue weighted by atomic mass is 10.1. The summed E-state index contributed by atoms with van der Waals surface area (Å²) >= 11 is 1.45. The molecule has 2 heterocycles. The van der Waals surface area contributed by atoms with Crippen LogP contribution in [-0.4, -0.2) is 37.4 Å². The molecule has 1 atom stereocenters. The minimum Gasteiger partial charge on any atom is -0.496 e. The Morgan fingerprint density at radius 1 is 0.968 bits per heavy atom. The molecule has 0 saturated carbocycles. The number of ether oxygens (including phenoxy) is 3. The number of carbonyl (C=O) groups is 2. The van der Waals surface area contributed by atoms with Gasteiger partial charge in [-0.2, -0.15) is 0 Å². The van der Waals surface area contributed by atoms with E-state index in [1.807, 2.05) is 25.1 Å². The number of amides is 2. The van der Waals surface area contributed by atoms with Crippen LogP contribution in [0.3, 0.4) is 0 Å². The van der Waals surface area contributed by atoms with Gasteiger partial charge in [-0.15, -0.1) is 11.8 Å². The number of carbonyl (C=O) groups excluding carboxylic acids is 2. The molecule has 2 aromatic carbocycles. The molecule has 0 radical (unpaired) electrons. The van der Waals surface area contributed by atoms with Crippen molar-refractivity contribution in [3.05, 3.63) is 64.3 Å². The van der Waals surface area contributed by atoms with Crippen LogP contribution in [0.5, 0.6) is 11.5 Å². The summed E-state index contributed by atoms with van der Waals surface area (Å²) in [5.41, 5.74) is 1.74. The van der Waals surface area contributed by atoms with Crippen molar-refractivity contribution >= 4 is 29.3 Å². The van der Waals surface area contributed by atoms with Gasteiger partial charge in [-0.1, -0.05) is 18.2 Å². The van der Waals surface area contributed by atoms with E-state index < -0.39 is 0 Å². The average molecular weight is 441 g/mol. The third-order valence-corrected chi connectivity index (χ3v) is 6.14. The monoisotopic (exact) mass is 440 g/mol. The summed E-state index contributed by atoms with van der Waals surface area (Å²) in [6.45, 7) is 5.29. The highest BCUT2D eigenvalue weighted by molar-refractivity contribution is 8.04. The molecular formula is C23H24N2O5S. The molecule has 0 fully saturated rings. The Bertz CT molecular complexity index is 1040. The highest BCUT2D eigenvalue weighted by Crippen LogP contribution is 2.33. The molecule has 4 rings (SSSR count). The minimum atomic E-state index is -0.281. The van der Waals surface area contributed by atoms with Crippen LogP contribution in [0.1, 0.15) is 35.8 Å². The van der Waals surface area contributed by atoms with Gasteiger partial charge in [0.25, 0.3) is 11.8 Å². The van der Waals surface area contributed by atoms with Gasteiger partial charge in [0.2, 0.25) is 0 Å². The first-order valence-electron chi connectivity index (χ1n) is 10.1. The summed E-state index contributed by atoms with van der Waals surface area (Å²) in [7, 11) is 0. The topological polar surface area (TPSA) is 85.9 Å². The van der Waals surface area contributed by atoms with E-state index in [2.05, 4.69) is 10.6 Å². The smallest absolute Gasteiger partial charge is 0.265 e. The average Bonchev–Trinajstić information content (AvgIpc) is 2.79. The quantitative estimate of drug-likeness (QED) is 0.734. The molecule has 2 aliphatic rings. The molecule has 2 aliphatic heterocycles. The first-order valence-corrected chi connectivity index (χ1v) is 11.1. The second-order valence-corrected chi connectivity index (χ2v) is 8.29. The normalized spacial score (nSPS) is 16.2. The highest BCUT2D eigenvalue weighted by Gasteiger charge is 2.22. The molecule has 0 aliphatic carbocycles. The molecular weight excluding hydrogens is 416 g/mol. The van der Waals surface area contributed by atoms with Crippen molar-refractivity contribution in [3.8, 4) is 11.5 Å². The van der Waals surface area contributed by atoms with E-state index >= 15 is 0 Å². The number of anilines is 1. The fourth-order valence-corrected chi connectivity index (χ4v) is 4.20. The highest BCUT2D eigenvalue weighted by atomic mass is 32.2. The number of fused-ring (bicyclic) bond motifs is 1. The van der Waals surface area contributed by atoms with Crippen molar-refractivity contribution in [2.45, 2.75) is 19.9 Å². The summed E-state index contributed by atoms with van der Waals surface area (Å²) in [5.74, 6) is 2.14. The Kier molecular flexibility index (Phi) is 6.36. The SMILES string of the molecule is CC1=C(C(=O)Nc2ccccc2C(=O)N[C@@H](C)c2ccc3c(c2)OCCO3)SCCO1. The van der Waals surface area contributed by atoms with E-state index in [-0.39, 0.29) is 17.9 Å². The molecule has 0 unspecified atom stereocenters. The molecule has 2 N–H and O–H groups in total. The van der Waals surface area contributed by atoms with E-state index in [1.54, 1.807) is 31.2 Å². The van der Waals surface area contributed by atoms with Crippen LogP contribution in [0.2, 0.25) is 0 Å². The number of benzene rings is 2. The minimum absolute atomic E-state index is 0.265. The van der Waals surface area contributed by atoms with E-state index in [9.17, 15) is 9.59 Å². The number of para-hydroxylation sites is 1. The van der Waals surface area contributed by atoms with Gasteiger partial charge in [0, 0.05) is 5.75 Å². The van der Waals surface area contributed by atoms with Crippen LogP contribution in [0.4, 0.5) is 5.69 Å². The molecule has 0 spiro atoms. The molecule has 31 heavy (non-hydrogen) atoms. The predicted octanol–water partition coefficient (Wildman–Crippen LogP) is 3.88. The Morgan fingerprint density at radius 2 is 1.74 bits per heavy atom. The van der Waals surface area contributed by atoms with Crippen molar-refractivity contribution in [2.24, 2.45) is 0 Å². The summed E-state index contributed by atoms with van der Waals surface area (Å²) < 4.78 is 16.7. The number of allylic oxidation sites excluding steroid dienone is 1. The number of hydrogen-bond acceptors (Lipinski definition) is 6. The molecule has 0 aromatic heterocycles. The van der Waals surface area contributed by atoms with Gasteiger partial charge >= 0.3 is 0 Å². The van der Waals surface area contributed by atoms with Crippen molar-refractivity contribution < 1.29 is 23.8 Å². The molecule has 2 aromatic rings. The summed E-state index contributed by atoms with van der Waals surface area (Å²) in [4.78, 5) is 26.2. The maximum absolute atomic E-state index is 13.0. The Hall–Kier alpha value is -3.13. The molecule has 0 saturated heterocycles. The van der Waals surface area contributed by atoms with Gasteiger partial charge < -0.3 is 24.8 Å². The van der Waals surface area contributed by atoms with Gasteiger partial charge in [-0.05, 0) is 43.7 Å². The third-order valence-electron chi connectivity index (χ3n) is 5.01. The third kappa shape index (κ3) is 4.80. The maximum atomic E-state index is 13.0. The Morgan fingerprint density at radius 3 is 2.55 bits per heavy atom. The van der Waals surface area contributed by atoms with Gasteiger partial charge in [0.1, 0.15) is 23.9 Å².